The average molecular weight is 599 g/mol. The van der Waals surface area contributed by atoms with Crippen LogP contribution in [-0.4, -0.2) is 62.4 Å². The molecule has 0 unspecified atom stereocenters. The van der Waals surface area contributed by atoms with Crippen molar-refractivity contribution in [2.45, 2.75) is 71.5 Å². The van der Waals surface area contributed by atoms with Gasteiger partial charge in [0.1, 0.15) is 11.8 Å². The molecule has 1 N–H and O–H groups in total. The minimum atomic E-state index is -4.03. The molecular weight excluding hydrogens is 556 g/mol. The number of ether oxygens (including phenoxy) is 1. The van der Waals surface area contributed by atoms with E-state index in [9.17, 15) is 18.0 Å². The number of benzene rings is 2. The summed E-state index contributed by atoms with van der Waals surface area (Å²) in [7, 11) is 0.924. The molecule has 0 saturated heterocycles. The molecule has 0 saturated carbocycles. The molecule has 0 radical (unpaired) electrons. The number of amides is 2. The number of hydrogen-bond acceptors (Lipinski definition) is 7. The van der Waals surface area contributed by atoms with E-state index in [4.69, 9.17) is 9.26 Å². The highest BCUT2D eigenvalue weighted by Crippen LogP contribution is 2.33. The van der Waals surface area contributed by atoms with E-state index in [1.807, 2.05) is 39.0 Å². The molecule has 11 heteroatoms. The second-order valence-electron chi connectivity index (χ2n) is 10.9. The van der Waals surface area contributed by atoms with Crippen LogP contribution in [-0.2, 0) is 37.5 Å². The third-order valence-corrected chi connectivity index (χ3v) is 8.52. The lowest BCUT2D eigenvalue weighted by Crippen LogP contribution is -2.51. The molecule has 3 aromatic rings. The van der Waals surface area contributed by atoms with Crippen molar-refractivity contribution >= 4 is 27.7 Å². The molecule has 1 atom stereocenters. The number of likely N-dealkylation sites (N-methyl/N-ethyl adjacent to an activating group) is 1. The van der Waals surface area contributed by atoms with Crippen molar-refractivity contribution in [3.63, 3.8) is 0 Å². The minimum absolute atomic E-state index is 0.0753. The molecule has 0 bridgehead atoms. The normalized spacial score (nSPS) is 12.3. The summed E-state index contributed by atoms with van der Waals surface area (Å²) in [6, 6.07) is 11.7. The maximum atomic E-state index is 13.5. The van der Waals surface area contributed by atoms with Crippen molar-refractivity contribution in [2.75, 3.05) is 25.9 Å². The monoisotopic (exact) mass is 598 g/mol. The maximum Gasteiger partial charge on any atom is 0.263 e. The molecule has 0 aliphatic heterocycles. The predicted molar refractivity (Wildman–Crippen MR) is 162 cm³/mol. The van der Waals surface area contributed by atoms with Crippen LogP contribution in [0.15, 0.2) is 51.9 Å². The molecule has 3 rings (SSSR count). The fourth-order valence-corrected chi connectivity index (χ4v) is 6.12. The lowest BCUT2D eigenvalue weighted by atomic mass is 9.96. The van der Waals surface area contributed by atoms with Crippen LogP contribution in [0.1, 0.15) is 56.1 Å². The van der Waals surface area contributed by atoms with E-state index in [0.29, 0.717) is 35.3 Å². The number of carbonyl (C=O) groups excluding carboxylic acids is 2. The van der Waals surface area contributed by atoms with E-state index in [2.05, 4.69) is 9.88 Å². The molecule has 42 heavy (non-hydrogen) atoms. The topological polar surface area (TPSA) is 122 Å². The first kappa shape index (κ1) is 32.8. The summed E-state index contributed by atoms with van der Waals surface area (Å²) in [5.41, 5.74) is 3.32. The average Bonchev–Trinajstić information content (AvgIpc) is 3.24. The predicted octanol–water partition coefficient (Wildman–Crippen LogP) is 5.15. The summed E-state index contributed by atoms with van der Waals surface area (Å²) in [6.07, 6.45) is 0.993. The zero-order valence-corrected chi connectivity index (χ0v) is 26.5. The molecule has 2 aromatic carbocycles. The van der Waals surface area contributed by atoms with E-state index >= 15 is 0 Å². The Bertz CT molecular complexity index is 1510. The highest BCUT2D eigenvalue weighted by atomic mass is 32.2. The standard InChI is InChI=1S/C31H42N4O6S/c1-9-12-28(36)35(29(20(2)3)31(37)34(6)7)18-23-15-16-25(24(17-23)19-40-8)26-13-10-11-14-27(26)42(38,39)33-30-21(4)22(5)41-32-30/h10-11,13-17,20,29H,9,12,18-19H2,1-8H3,(H,32,33)/t29-/m0/s1. The van der Waals surface area contributed by atoms with E-state index in [1.165, 1.54) is 11.0 Å². The Balaban J connectivity index is 2.07. The molecule has 0 aliphatic carbocycles. The van der Waals surface area contributed by atoms with Crippen LogP contribution in [0, 0.1) is 19.8 Å². The Kier molecular flexibility index (Phi) is 10.9. The first-order valence-electron chi connectivity index (χ1n) is 14.0. The number of aromatic nitrogens is 1. The van der Waals surface area contributed by atoms with Gasteiger partial charge in [0.05, 0.1) is 11.5 Å². The van der Waals surface area contributed by atoms with Gasteiger partial charge in [0, 0.05) is 45.3 Å². The van der Waals surface area contributed by atoms with Crippen LogP contribution in [0.5, 0.6) is 0 Å². The van der Waals surface area contributed by atoms with Gasteiger partial charge in [-0.2, -0.15) is 0 Å². The molecule has 0 aliphatic rings. The van der Waals surface area contributed by atoms with E-state index in [-0.39, 0.29) is 41.6 Å². The van der Waals surface area contributed by atoms with Gasteiger partial charge in [-0.1, -0.05) is 62.3 Å². The first-order chi connectivity index (χ1) is 19.8. The number of carbonyl (C=O) groups is 2. The van der Waals surface area contributed by atoms with E-state index in [1.54, 1.807) is 58.2 Å². The van der Waals surface area contributed by atoms with Crippen molar-refractivity contribution in [3.8, 4) is 11.1 Å². The van der Waals surface area contributed by atoms with Crippen LogP contribution in [0.25, 0.3) is 11.1 Å². The zero-order valence-electron chi connectivity index (χ0n) is 25.7. The molecule has 2 amide bonds. The summed E-state index contributed by atoms with van der Waals surface area (Å²) < 4.78 is 40.2. The zero-order chi connectivity index (χ0) is 31.2. The lowest BCUT2D eigenvalue weighted by molar-refractivity contribution is -0.147. The van der Waals surface area contributed by atoms with Crippen LogP contribution >= 0.6 is 0 Å². The van der Waals surface area contributed by atoms with Gasteiger partial charge in [-0.3, -0.25) is 14.3 Å². The van der Waals surface area contributed by atoms with Crippen molar-refractivity contribution in [2.24, 2.45) is 5.92 Å². The number of hydrogen-bond donors (Lipinski definition) is 1. The van der Waals surface area contributed by atoms with Crippen molar-refractivity contribution in [3.05, 3.63) is 64.9 Å². The molecular formula is C31H42N4O6S. The van der Waals surface area contributed by atoms with Gasteiger partial charge < -0.3 is 19.1 Å². The largest absolute Gasteiger partial charge is 0.380 e. The molecule has 0 fully saturated rings. The molecule has 228 valence electrons. The number of methoxy groups -OCH3 is 1. The van der Waals surface area contributed by atoms with Crippen LogP contribution < -0.4 is 4.72 Å². The number of anilines is 1. The SMILES string of the molecule is CCCC(=O)N(Cc1ccc(-c2ccccc2S(=O)(=O)Nc2noc(C)c2C)c(COC)c1)[C@H](C(=O)N(C)C)C(C)C. The van der Waals surface area contributed by atoms with Gasteiger partial charge in [-0.05, 0) is 48.9 Å². The summed E-state index contributed by atoms with van der Waals surface area (Å²) in [5, 5.41) is 3.85. The Labute approximate surface area is 249 Å². The van der Waals surface area contributed by atoms with Crippen molar-refractivity contribution in [1.82, 2.24) is 15.0 Å². The lowest BCUT2D eigenvalue weighted by Gasteiger charge is -2.35. The molecule has 0 spiro atoms. The molecule has 1 heterocycles. The highest BCUT2D eigenvalue weighted by Gasteiger charge is 2.33. The van der Waals surface area contributed by atoms with Gasteiger partial charge in [0.15, 0.2) is 5.82 Å². The van der Waals surface area contributed by atoms with Gasteiger partial charge in [-0.25, -0.2) is 8.42 Å². The number of nitrogens with zero attached hydrogens (tertiary/aromatic N) is 3. The summed E-state index contributed by atoms with van der Waals surface area (Å²) in [5.74, 6) is 0.341. The number of sulfonamides is 1. The smallest absolute Gasteiger partial charge is 0.263 e. The van der Waals surface area contributed by atoms with Gasteiger partial charge in [0.2, 0.25) is 11.8 Å². The molecule has 1 aromatic heterocycles. The highest BCUT2D eigenvalue weighted by molar-refractivity contribution is 7.92. The van der Waals surface area contributed by atoms with Crippen molar-refractivity contribution < 1.29 is 27.3 Å². The molecule has 10 nitrogen and oxygen atoms in total. The van der Waals surface area contributed by atoms with Gasteiger partial charge in [-0.15, -0.1) is 0 Å². The van der Waals surface area contributed by atoms with E-state index in [0.717, 1.165) is 11.1 Å². The second kappa shape index (κ2) is 14.0. The summed E-state index contributed by atoms with van der Waals surface area (Å²) >= 11 is 0. The summed E-state index contributed by atoms with van der Waals surface area (Å²) in [4.78, 5) is 29.7. The first-order valence-corrected chi connectivity index (χ1v) is 15.5. The summed E-state index contributed by atoms with van der Waals surface area (Å²) in [6.45, 7) is 9.68. The number of nitrogens with one attached hydrogen (secondary N) is 1. The van der Waals surface area contributed by atoms with Crippen LogP contribution in [0.3, 0.4) is 0 Å². The third-order valence-electron chi connectivity index (χ3n) is 7.12. The van der Waals surface area contributed by atoms with Crippen LogP contribution in [0.4, 0.5) is 5.82 Å². The Hall–Kier alpha value is -3.70. The second-order valence-corrected chi connectivity index (χ2v) is 12.6. The Morgan fingerprint density at radius 2 is 1.76 bits per heavy atom. The van der Waals surface area contributed by atoms with Gasteiger partial charge in [0.25, 0.3) is 10.0 Å². The van der Waals surface area contributed by atoms with Crippen LogP contribution in [0.2, 0.25) is 0 Å². The van der Waals surface area contributed by atoms with E-state index < -0.39 is 16.1 Å². The minimum Gasteiger partial charge on any atom is -0.380 e. The van der Waals surface area contributed by atoms with Gasteiger partial charge >= 0.3 is 0 Å². The number of aryl methyl sites for hydroxylation is 1. The maximum absolute atomic E-state index is 13.5. The Morgan fingerprint density at radius 3 is 2.33 bits per heavy atom. The number of rotatable bonds is 13. The third kappa shape index (κ3) is 7.38. The fourth-order valence-electron chi connectivity index (χ4n) is 4.84. The fraction of sp³-hybridized carbons (Fsp3) is 0.452. The Morgan fingerprint density at radius 1 is 1.07 bits per heavy atom. The van der Waals surface area contributed by atoms with Crippen molar-refractivity contribution in [1.29, 1.82) is 0 Å². The quantitative estimate of drug-likeness (QED) is 0.289.